The fourth-order valence-electron chi connectivity index (χ4n) is 3.68. The number of hydrazone groups is 1. The van der Waals surface area contributed by atoms with E-state index < -0.39 is 22.8 Å². The number of carbonyl (C=O) groups excluding carboxylic acids is 2. The van der Waals surface area contributed by atoms with Crippen molar-refractivity contribution in [3.63, 3.8) is 0 Å². The molecule has 0 bridgehead atoms. The quantitative estimate of drug-likeness (QED) is 0.339. The molecule has 1 aliphatic rings. The Morgan fingerprint density at radius 3 is 2.82 bits per heavy atom. The van der Waals surface area contributed by atoms with Gasteiger partial charge in [-0.25, -0.2) is 5.01 Å². The van der Waals surface area contributed by atoms with Gasteiger partial charge in [-0.3, -0.25) is 19.7 Å². The molecule has 34 heavy (non-hydrogen) atoms. The predicted octanol–water partition coefficient (Wildman–Crippen LogP) is 3.72. The van der Waals surface area contributed by atoms with Gasteiger partial charge in [0.05, 0.1) is 34.4 Å². The van der Waals surface area contributed by atoms with Crippen LogP contribution < -0.4 is 0 Å². The smallest absolute Gasteiger partial charge is 0.290 e. The lowest BCUT2D eigenvalue weighted by atomic mass is 10.0. The summed E-state index contributed by atoms with van der Waals surface area (Å²) >= 11 is 1.50. The molecule has 0 fully saturated rings. The number of hydrogen-bond donors (Lipinski definition) is 0. The van der Waals surface area contributed by atoms with E-state index in [1.807, 2.05) is 17.5 Å². The Morgan fingerprint density at radius 1 is 1.29 bits per heavy atom. The average Bonchev–Trinajstić information content (AvgIpc) is 3.62. The number of methoxy groups -OCH3 is 1. The van der Waals surface area contributed by atoms with E-state index in [0.717, 1.165) is 4.88 Å². The third kappa shape index (κ3) is 5.05. The molecule has 0 spiro atoms. The summed E-state index contributed by atoms with van der Waals surface area (Å²) in [5.41, 5.74) is 1.24. The Hall–Kier alpha value is -3.83. The second-order valence-electron chi connectivity index (χ2n) is 7.53. The maximum atomic E-state index is 13.4. The number of benzene rings is 1. The molecule has 2 amide bonds. The Labute approximate surface area is 199 Å². The summed E-state index contributed by atoms with van der Waals surface area (Å²) in [6.07, 6.45) is 1.79. The van der Waals surface area contributed by atoms with Crippen LogP contribution in [-0.4, -0.2) is 59.2 Å². The molecule has 1 unspecified atom stereocenters. The molecule has 0 radical (unpaired) electrons. The van der Waals surface area contributed by atoms with Crippen LogP contribution in [0.25, 0.3) is 0 Å². The van der Waals surface area contributed by atoms with Gasteiger partial charge in [0.1, 0.15) is 6.54 Å². The zero-order valence-corrected chi connectivity index (χ0v) is 19.1. The normalized spacial score (nSPS) is 15.3. The van der Waals surface area contributed by atoms with Gasteiger partial charge in [-0.1, -0.05) is 18.2 Å². The van der Waals surface area contributed by atoms with Crippen LogP contribution in [0.1, 0.15) is 33.5 Å². The molecule has 3 heterocycles. The third-order valence-corrected chi connectivity index (χ3v) is 6.27. The number of thiophene rings is 1. The summed E-state index contributed by atoms with van der Waals surface area (Å²) in [5.74, 6) is -0.744. The third-order valence-electron chi connectivity index (χ3n) is 5.35. The monoisotopic (exact) mass is 482 g/mol. The van der Waals surface area contributed by atoms with E-state index in [0.29, 0.717) is 17.7 Å². The van der Waals surface area contributed by atoms with Gasteiger partial charge in [-0.15, -0.1) is 11.3 Å². The first-order chi connectivity index (χ1) is 16.5. The number of hydrogen-bond acceptors (Lipinski definition) is 8. The van der Waals surface area contributed by atoms with Crippen LogP contribution in [0.5, 0.6) is 0 Å². The van der Waals surface area contributed by atoms with Gasteiger partial charge in [-0.05, 0) is 29.1 Å². The maximum absolute atomic E-state index is 13.4. The van der Waals surface area contributed by atoms with Crippen molar-refractivity contribution in [1.82, 2.24) is 9.91 Å². The molecule has 4 rings (SSSR count). The van der Waals surface area contributed by atoms with Crippen molar-refractivity contribution >= 4 is 34.6 Å². The lowest BCUT2D eigenvalue weighted by molar-refractivity contribution is -0.385. The van der Waals surface area contributed by atoms with Crippen LogP contribution in [0.2, 0.25) is 0 Å². The molecule has 0 saturated carbocycles. The van der Waals surface area contributed by atoms with E-state index in [-0.39, 0.29) is 31.1 Å². The summed E-state index contributed by atoms with van der Waals surface area (Å²) in [4.78, 5) is 39.4. The second kappa shape index (κ2) is 10.4. The summed E-state index contributed by atoms with van der Waals surface area (Å²) in [6, 6.07) is 12.6. The lowest BCUT2D eigenvalue weighted by Crippen LogP contribution is -2.42. The van der Waals surface area contributed by atoms with Gasteiger partial charge >= 0.3 is 0 Å². The van der Waals surface area contributed by atoms with Gasteiger partial charge in [0.15, 0.2) is 5.76 Å². The largest absolute Gasteiger partial charge is 0.459 e. The number of nitro groups is 1. The van der Waals surface area contributed by atoms with Crippen molar-refractivity contribution in [1.29, 1.82) is 0 Å². The number of furan rings is 1. The molecule has 11 heteroatoms. The van der Waals surface area contributed by atoms with Gasteiger partial charge in [0.25, 0.3) is 17.5 Å². The van der Waals surface area contributed by atoms with Crippen LogP contribution in [0, 0.1) is 10.1 Å². The summed E-state index contributed by atoms with van der Waals surface area (Å²) in [5, 5.41) is 19.1. The molecule has 0 aliphatic carbocycles. The Morgan fingerprint density at radius 2 is 2.15 bits per heavy atom. The lowest BCUT2D eigenvalue weighted by Gasteiger charge is -2.26. The second-order valence-corrected chi connectivity index (χ2v) is 8.48. The maximum Gasteiger partial charge on any atom is 0.290 e. The van der Waals surface area contributed by atoms with Crippen molar-refractivity contribution < 1.29 is 23.7 Å². The number of rotatable bonds is 9. The number of amides is 2. The average molecular weight is 483 g/mol. The zero-order valence-electron chi connectivity index (χ0n) is 18.3. The molecule has 1 atom stereocenters. The van der Waals surface area contributed by atoms with Gasteiger partial charge < -0.3 is 14.1 Å². The molecule has 1 aliphatic heterocycles. The molecule has 0 N–H and O–H groups in total. The van der Waals surface area contributed by atoms with E-state index >= 15 is 0 Å². The van der Waals surface area contributed by atoms with E-state index in [2.05, 4.69) is 5.10 Å². The summed E-state index contributed by atoms with van der Waals surface area (Å²) in [6.45, 7) is 0.159. The summed E-state index contributed by atoms with van der Waals surface area (Å²) < 4.78 is 10.3. The minimum absolute atomic E-state index is 0.0656. The van der Waals surface area contributed by atoms with E-state index in [1.54, 1.807) is 18.2 Å². The molecule has 1 aromatic carbocycles. The number of nitro benzene ring substituents is 1. The van der Waals surface area contributed by atoms with E-state index in [9.17, 15) is 19.7 Å². The van der Waals surface area contributed by atoms with Crippen molar-refractivity contribution in [3.8, 4) is 0 Å². The highest BCUT2D eigenvalue weighted by molar-refractivity contribution is 7.12. The van der Waals surface area contributed by atoms with Crippen LogP contribution in [0.3, 0.4) is 0 Å². The molecule has 0 saturated heterocycles. The highest BCUT2D eigenvalue weighted by Gasteiger charge is 2.35. The Kier molecular flexibility index (Phi) is 7.14. The first-order valence-corrected chi connectivity index (χ1v) is 11.4. The Bertz CT molecular complexity index is 1190. The van der Waals surface area contributed by atoms with Crippen molar-refractivity contribution in [2.45, 2.75) is 12.5 Å². The Balaban J connectivity index is 1.62. The predicted molar refractivity (Wildman–Crippen MR) is 125 cm³/mol. The van der Waals surface area contributed by atoms with Crippen LogP contribution in [0.4, 0.5) is 5.69 Å². The molecule has 176 valence electrons. The van der Waals surface area contributed by atoms with Gasteiger partial charge in [0, 0.05) is 32.2 Å². The van der Waals surface area contributed by atoms with Gasteiger partial charge in [0.2, 0.25) is 0 Å². The minimum Gasteiger partial charge on any atom is -0.459 e. The SMILES string of the molecule is COCCN(CC(=O)N1N=C(c2cccs2)CC1c1cccc([N+](=O)[O-])c1)C(=O)c1ccco1. The minimum atomic E-state index is -0.535. The zero-order chi connectivity index (χ0) is 24.1. The topological polar surface area (TPSA) is 118 Å². The summed E-state index contributed by atoms with van der Waals surface area (Å²) in [7, 11) is 1.51. The molecular weight excluding hydrogens is 460 g/mol. The van der Waals surface area contributed by atoms with E-state index in [1.165, 1.54) is 52.8 Å². The highest BCUT2D eigenvalue weighted by Crippen LogP contribution is 2.35. The van der Waals surface area contributed by atoms with Crippen LogP contribution >= 0.6 is 11.3 Å². The fraction of sp³-hybridized carbons (Fsp3) is 0.261. The van der Waals surface area contributed by atoms with E-state index in [4.69, 9.17) is 9.15 Å². The molecule has 10 nitrogen and oxygen atoms in total. The number of non-ortho nitro benzene ring substituents is 1. The molecule has 3 aromatic rings. The van der Waals surface area contributed by atoms with Crippen LogP contribution in [0.15, 0.2) is 69.7 Å². The van der Waals surface area contributed by atoms with Crippen molar-refractivity contribution in [2.75, 3.05) is 26.8 Å². The first-order valence-electron chi connectivity index (χ1n) is 10.5. The van der Waals surface area contributed by atoms with Crippen molar-refractivity contribution in [3.05, 3.63) is 86.5 Å². The highest BCUT2D eigenvalue weighted by atomic mass is 32.1. The standard InChI is InChI=1S/C23H22N4O6S/c1-32-11-9-25(23(29)20-7-3-10-33-20)15-22(28)26-19(14-18(24-26)21-8-4-12-34-21)16-5-2-6-17(13-16)27(30)31/h2-8,10,12-13,19H,9,11,14-15H2,1H3. The van der Waals surface area contributed by atoms with Crippen LogP contribution in [-0.2, 0) is 9.53 Å². The fourth-order valence-corrected chi connectivity index (χ4v) is 4.40. The van der Waals surface area contributed by atoms with Gasteiger partial charge in [-0.2, -0.15) is 5.10 Å². The molecule has 2 aromatic heterocycles. The number of carbonyl (C=O) groups is 2. The first kappa shape index (κ1) is 23.3. The molecular formula is C23H22N4O6S. The van der Waals surface area contributed by atoms with Crippen molar-refractivity contribution in [2.24, 2.45) is 5.10 Å². The number of ether oxygens (including phenoxy) is 1. The number of nitrogens with zero attached hydrogens (tertiary/aromatic N) is 4.